The van der Waals surface area contributed by atoms with Crippen molar-refractivity contribution in [3.05, 3.63) is 72.1 Å². The van der Waals surface area contributed by atoms with Crippen molar-refractivity contribution in [3.8, 4) is 0 Å². The summed E-state index contributed by atoms with van der Waals surface area (Å²) in [6, 6.07) is 18.9. The van der Waals surface area contributed by atoms with Gasteiger partial charge in [0.2, 0.25) is 0 Å². The summed E-state index contributed by atoms with van der Waals surface area (Å²) in [6.45, 7) is 20.0. The first-order valence-electron chi connectivity index (χ1n) is 20.6. The number of carbonyl (C=O) groups is 4. The zero-order chi connectivity index (χ0) is 41.8. The van der Waals surface area contributed by atoms with Gasteiger partial charge in [-0.3, -0.25) is 4.79 Å². The Morgan fingerprint density at radius 1 is 0.741 bits per heavy atom. The molecule has 2 aromatic carbocycles. The van der Waals surface area contributed by atoms with Crippen molar-refractivity contribution in [3.63, 3.8) is 0 Å². The van der Waals surface area contributed by atoms with Gasteiger partial charge in [0, 0.05) is 61.1 Å². The van der Waals surface area contributed by atoms with E-state index in [1.807, 2.05) is 113 Å². The van der Waals surface area contributed by atoms with Crippen LogP contribution in [0.5, 0.6) is 0 Å². The van der Waals surface area contributed by atoms with E-state index in [1.54, 1.807) is 11.0 Å². The first-order chi connectivity index (χ1) is 27.0. The van der Waals surface area contributed by atoms with Crippen LogP contribution in [0, 0.1) is 11.8 Å². The molecule has 2 unspecified atom stereocenters. The Labute approximate surface area is 345 Å². The summed E-state index contributed by atoms with van der Waals surface area (Å²) < 4.78 is 10.9. The molecule has 58 heavy (non-hydrogen) atoms. The average Bonchev–Trinajstić information content (AvgIpc) is 3.81. The summed E-state index contributed by atoms with van der Waals surface area (Å²) in [5.74, 6) is 0.0186. The quantitative estimate of drug-likeness (QED) is 0.161. The van der Waals surface area contributed by atoms with Crippen LogP contribution < -0.4 is 0 Å². The molecular formula is C46H69N5O7. The third-order valence-electron chi connectivity index (χ3n) is 9.98. The number of piperidine rings is 2. The Morgan fingerprint density at radius 2 is 1.21 bits per heavy atom. The molecule has 3 amide bonds. The van der Waals surface area contributed by atoms with Crippen LogP contribution in [0.2, 0.25) is 0 Å². The van der Waals surface area contributed by atoms with E-state index in [4.69, 9.17) is 14.6 Å². The van der Waals surface area contributed by atoms with Gasteiger partial charge < -0.3 is 39.2 Å². The Kier molecular flexibility index (Phi) is 17.7. The number of aromatic carboxylic acids is 1. The fourth-order valence-electron chi connectivity index (χ4n) is 7.21. The smallest absolute Gasteiger partial charge is 0.410 e. The number of nitrogens with one attached hydrogen (secondary N) is 2. The fraction of sp³-hybridized carbons (Fsp3) is 0.565. The predicted octanol–water partition coefficient (Wildman–Crippen LogP) is 10.6. The van der Waals surface area contributed by atoms with E-state index in [0.29, 0.717) is 37.8 Å². The Hall–Kier alpha value is -5.00. The molecule has 2 fully saturated rings. The Morgan fingerprint density at radius 3 is 1.67 bits per heavy atom. The third kappa shape index (κ3) is 14.7. The van der Waals surface area contributed by atoms with E-state index in [-0.39, 0.29) is 42.7 Å². The molecule has 2 aliphatic heterocycles. The number of aromatic nitrogens is 2. The molecule has 0 saturated carbocycles. The van der Waals surface area contributed by atoms with Crippen molar-refractivity contribution in [2.75, 3.05) is 39.3 Å². The van der Waals surface area contributed by atoms with Crippen LogP contribution in [0.15, 0.2) is 60.7 Å². The molecule has 4 heterocycles. The van der Waals surface area contributed by atoms with Crippen molar-refractivity contribution >= 4 is 45.9 Å². The van der Waals surface area contributed by atoms with Gasteiger partial charge in [0.1, 0.15) is 22.6 Å². The maximum absolute atomic E-state index is 13.0. The zero-order valence-electron chi connectivity index (χ0n) is 35.4. The number of rotatable bonds is 8. The first-order valence-corrected chi connectivity index (χ1v) is 20.6. The number of H-pyrrole nitrogens is 2. The number of amides is 3. The maximum atomic E-state index is 13.0. The van der Waals surface area contributed by atoms with Crippen LogP contribution in [0.1, 0.15) is 129 Å². The van der Waals surface area contributed by atoms with Crippen LogP contribution in [0.3, 0.4) is 0 Å². The molecule has 6 rings (SSSR count). The number of carboxylic acid groups (broad SMARTS) is 1. The number of carbonyl (C=O) groups excluding carboxylic acids is 3. The molecular weight excluding hydrogens is 735 g/mol. The highest BCUT2D eigenvalue weighted by Gasteiger charge is 2.30. The molecule has 4 aromatic rings. The number of benzene rings is 2. The third-order valence-corrected chi connectivity index (χ3v) is 9.98. The molecule has 2 atom stereocenters. The van der Waals surface area contributed by atoms with Crippen LogP contribution in [0.25, 0.3) is 21.8 Å². The van der Waals surface area contributed by atoms with Crippen LogP contribution in [-0.4, -0.2) is 104 Å². The summed E-state index contributed by atoms with van der Waals surface area (Å²) in [7, 11) is 0. The minimum atomic E-state index is -0.925. The van der Waals surface area contributed by atoms with E-state index in [1.165, 1.54) is 25.7 Å². The number of ether oxygens (including phenoxy) is 2. The van der Waals surface area contributed by atoms with Crippen LogP contribution in [-0.2, 0) is 9.47 Å². The van der Waals surface area contributed by atoms with Crippen molar-refractivity contribution in [1.82, 2.24) is 24.7 Å². The van der Waals surface area contributed by atoms with E-state index in [0.717, 1.165) is 54.2 Å². The highest BCUT2D eigenvalue weighted by atomic mass is 16.6. The number of hydrogen-bond donors (Lipinski definition) is 3. The van der Waals surface area contributed by atoms with E-state index < -0.39 is 11.6 Å². The number of carboxylic acids is 1. The molecule has 2 saturated heterocycles. The number of hydrogen-bond acceptors (Lipinski definition) is 6. The van der Waals surface area contributed by atoms with E-state index in [9.17, 15) is 19.2 Å². The molecule has 2 aromatic heterocycles. The van der Waals surface area contributed by atoms with Crippen LogP contribution in [0.4, 0.5) is 9.59 Å². The van der Waals surface area contributed by atoms with Crippen LogP contribution >= 0.6 is 0 Å². The number of fused-ring (bicyclic) bond motifs is 2. The largest absolute Gasteiger partial charge is 0.477 e. The normalized spacial score (nSPS) is 16.9. The van der Waals surface area contributed by atoms with Gasteiger partial charge in [0.15, 0.2) is 0 Å². The minimum absolute atomic E-state index is 0. The summed E-state index contributed by atoms with van der Waals surface area (Å²) in [6.07, 6.45) is 7.68. The first kappa shape index (κ1) is 47.4. The summed E-state index contributed by atoms with van der Waals surface area (Å²) in [4.78, 5) is 59.4. The van der Waals surface area contributed by atoms with E-state index >= 15 is 0 Å². The lowest BCUT2D eigenvalue weighted by molar-refractivity contribution is 0.0142. The molecule has 3 N–H and O–H groups in total. The summed E-state index contributed by atoms with van der Waals surface area (Å²) in [5, 5.41) is 10.6. The second-order valence-corrected chi connectivity index (χ2v) is 17.2. The van der Waals surface area contributed by atoms with Crippen molar-refractivity contribution in [2.45, 2.75) is 119 Å². The molecule has 0 bridgehead atoms. The zero-order valence-corrected chi connectivity index (χ0v) is 35.4. The van der Waals surface area contributed by atoms with Gasteiger partial charge in [-0.25, -0.2) is 14.4 Å². The molecule has 0 aliphatic carbocycles. The average molecular weight is 804 g/mol. The number of likely N-dealkylation sites (tertiary alicyclic amines) is 2. The van der Waals surface area contributed by atoms with Gasteiger partial charge in [-0.1, -0.05) is 63.6 Å². The van der Waals surface area contributed by atoms with Crippen molar-refractivity contribution in [2.24, 2.45) is 11.8 Å². The SMILES string of the molecule is C.CCCCC1CCCN(C(=O)OC(C)(C)C)C1.CCN(CC1CCCN(C(=O)OC(C)(C)C)C1)C(=O)c1cc2ccccc2[nH]1.O=C(O)c1cc2ccccc2[nH]1. The Balaban J connectivity index is 0.000000255. The molecule has 2 aliphatic rings. The van der Waals surface area contributed by atoms with Gasteiger partial charge in [0.05, 0.1) is 0 Å². The standard InChI is InChI=1S/C22H31N3O3.C14H27NO2.C9H7NO2.CH4/c1-5-24(20(26)19-13-17-10-6-7-11-18(17)23-19)14-16-9-8-12-25(15-16)21(27)28-22(2,3)4;1-5-6-8-12-9-7-10-15(11-12)13(16)17-14(2,3)4;11-9(12)8-5-6-3-1-2-4-7(6)10-8;/h6-7,10-11,13,16,23H,5,8-9,12,14-15H2,1-4H3;12H,5-11H2,1-4H3;1-5,10H,(H,11,12);1H4. The summed E-state index contributed by atoms with van der Waals surface area (Å²) in [5.41, 5.74) is 1.79. The predicted molar refractivity (Wildman–Crippen MR) is 232 cm³/mol. The van der Waals surface area contributed by atoms with Gasteiger partial charge in [0.25, 0.3) is 5.91 Å². The van der Waals surface area contributed by atoms with Gasteiger partial charge >= 0.3 is 18.2 Å². The lowest BCUT2D eigenvalue weighted by atomic mass is 9.93. The number of nitrogens with zero attached hydrogens (tertiary/aromatic N) is 3. The minimum Gasteiger partial charge on any atom is -0.477 e. The Bertz CT molecular complexity index is 1850. The molecule has 0 spiro atoms. The van der Waals surface area contributed by atoms with Gasteiger partial charge in [-0.05, 0) is 117 Å². The van der Waals surface area contributed by atoms with E-state index in [2.05, 4.69) is 16.9 Å². The lowest BCUT2D eigenvalue weighted by Gasteiger charge is -2.36. The van der Waals surface area contributed by atoms with Crippen molar-refractivity contribution < 1.29 is 33.8 Å². The van der Waals surface area contributed by atoms with Gasteiger partial charge in [-0.15, -0.1) is 0 Å². The molecule has 12 nitrogen and oxygen atoms in total. The highest BCUT2D eigenvalue weighted by molar-refractivity contribution is 5.98. The monoisotopic (exact) mass is 804 g/mol. The molecule has 12 heteroatoms. The second-order valence-electron chi connectivity index (χ2n) is 17.2. The topological polar surface area (TPSA) is 148 Å². The number of aromatic amines is 2. The second kappa shape index (κ2) is 21.7. The number of unbranched alkanes of at least 4 members (excludes halogenated alkanes) is 1. The number of para-hydroxylation sites is 2. The maximum Gasteiger partial charge on any atom is 0.410 e. The molecule has 0 radical (unpaired) electrons. The fourth-order valence-corrected chi connectivity index (χ4v) is 7.21. The highest BCUT2D eigenvalue weighted by Crippen LogP contribution is 2.24. The van der Waals surface area contributed by atoms with Crippen molar-refractivity contribution in [1.29, 1.82) is 0 Å². The summed E-state index contributed by atoms with van der Waals surface area (Å²) >= 11 is 0. The lowest BCUT2D eigenvalue weighted by Crippen LogP contribution is -2.46. The molecule has 320 valence electrons. The van der Waals surface area contributed by atoms with Gasteiger partial charge in [-0.2, -0.15) is 0 Å².